The van der Waals surface area contributed by atoms with Crippen molar-refractivity contribution in [2.45, 2.75) is 25.7 Å². The second kappa shape index (κ2) is 5.75. The molecule has 7 nitrogen and oxygen atoms in total. The maximum atomic E-state index is 12.5. The van der Waals surface area contributed by atoms with Gasteiger partial charge in [0.2, 0.25) is 11.9 Å². The minimum absolute atomic E-state index is 0.0410. The Morgan fingerprint density at radius 1 is 1.19 bits per heavy atom. The van der Waals surface area contributed by atoms with Crippen LogP contribution in [0.3, 0.4) is 0 Å². The van der Waals surface area contributed by atoms with E-state index in [4.69, 9.17) is 11.5 Å². The summed E-state index contributed by atoms with van der Waals surface area (Å²) >= 11 is 0. The van der Waals surface area contributed by atoms with E-state index in [0.717, 1.165) is 45.3 Å². The number of nitrogens with zero attached hydrogens (tertiary/aromatic N) is 4. The number of likely N-dealkylation sites (tertiary alicyclic amines) is 1. The third kappa shape index (κ3) is 2.86. The van der Waals surface area contributed by atoms with Crippen LogP contribution in [0.1, 0.15) is 25.7 Å². The molecule has 0 spiro atoms. The number of carbonyl (C=O) groups is 1. The van der Waals surface area contributed by atoms with Crippen LogP contribution in [0.25, 0.3) is 0 Å². The minimum atomic E-state index is 0.0410. The fourth-order valence-corrected chi connectivity index (χ4v) is 3.10. The fourth-order valence-electron chi connectivity index (χ4n) is 3.10. The first kappa shape index (κ1) is 13.9. The van der Waals surface area contributed by atoms with Gasteiger partial charge in [0, 0.05) is 26.2 Å². The van der Waals surface area contributed by atoms with Gasteiger partial charge in [-0.1, -0.05) is 0 Å². The van der Waals surface area contributed by atoms with E-state index in [1.807, 2.05) is 9.80 Å². The standard InChI is InChI=1S/C14H22N6O/c15-11-8-17-14(18-12(11)16)20-7-3-4-10(9-20)13(21)19-5-1-2-6-19/h8,10H,1-7,9,15H2,(H2,16,17,18)/t10-/m1/s1. The maximum absolute atomic E-state index is 12.5. The molecule has 21 heavy (non-hydrogen) atoms. The van der Waals surface area contributed by atoms with Gasteiger partial charge in [-0.3, -0.25) is 4.79 Å². The van der Waals surface area contributed by atoms with Crippen molar-refractivity contribution in [2.75, 3.05) is 42.5 Å². The lowest BCUT2D eigenvalue weighted by molar-refractivity contribution is -0.134. The number of amides is 1. The van der Waals surface area contributed by atoms with Crippen LogP contribution >= 0.6 is 0 Å². The van der Waals surface area contributed by atoms with Gasteiger partial charge >= 0.3 is 0 Å². The number of rotatable bonds is 2. The Morgan fingerprint density at radius 3 is 2.67 bits per heavy atom. The Balaban J connectivity index is 1.70. The SMILES string of the molecule is Nc1cnc(N2CCC[C@@H](C(=O)N3CCCC3)C2)nc1N. The van der Waals surface area contributed by atoms with Crippen LogP contribution in [0.2, 0.25) is 0 Å². The lowest BCUT2D eigenvalue weighted by Crippen LogP contribution is -2.44. The summed E-state index contributed by atoms with van der Waals surface area (Å²) in [6, 6.07) is 0. The third-order valence-corrected chi connectivity index (χ3v) is 4.31. The highest BCUT2D eigenvalue weighted by Gasteiger charge is 2.31. The van der Waals surface area contributed by atoms with E-state index in [9.17, 15) is 4.79 Å². The zero-order chi connectivity index (χ0) is 14.8. The van der Waals surface area contributed by atoms with E-state index in [1.54, 1.807) is 0 Å². The monoisotopic (exact) mass is 290 g/mol. The fraction of sp³-hybridized carbons (Fsp3) is 0.643. The predicted octanol–water partition coefficient (Wildman–Crippen LogP) is 0.480. The summed E-state index contributed by atoms with van der Waals surface area (Å²) in [6.07, 6.45) is 5.69. The first-order valence-corrected chi connectivity index (χ1v) is 7.57. The number of aromatic nitrogens is 2. The number of nitrogen functional groups attached to an aromatic ring is 2. The Bertz CT molecular complexity index is 528. The van der Waals surface area contributed by atoms with Crippen molar-refractivity contribution in [3.63, 3.8) is 0 Å². The third-order valence-electron chi connectivity index (χ3n) is 4.31. The van der Waals surface area contributed by atoms with Gasteiger partial charge in [0.25, 0.3) is 0 Å². The van der Waals surface area contributed by atoms with Gasteiger partial charge in [-0.05, 0) is 25.7 Å². The van der Waals surface area contributed by atoms with Crippen molar-refractivity contribution < 1.29 is 4.79 Å². The van der Waals surface area contributed by atoms with Crippen LogP contribution in [-0.2, 0) is 4.79 Å². The largest absolute Gasteiger partial charge is 0.394 e. The van der Waals surface area contributed by atoms with E-state index in [2.05, 4.69) is 9.97 Å². The van der Waals surface area contributed by atoms with Gasteiger partial charge in [-0.2, -0.15) is 4.98 Å². The second-order valence-corrected chi connectivity index (χ2v) is 5.83. The van der Waals surface area contributed by atoms with E-state index in [1.165, 1.54) is 6.20 Å². The Morgan fingerprint density at radius 2 is 1.95 bits per heavy atom. The van der Waals surface area contributed by atoms with Crippen LogP contribution < -0.4 is 16.4 Å². The van der Waals surface area contributed by atoms with Crippen molar-refractivity contribution in [2.24, 2.45) is 5.92 Å². The molecule has 1 amide bonds. The normalized spacial score (nSPS) is 22.6. The van der Waals surface area contributed by atoms with Crippen molar-refractivity contribution in [3.05, 3.63) is 6.20 Å². The quantitative estimate of drug-likeness (QED) is 0.821. The van der Waals surface area contributed by atoms with E-state index < -0.39 is 0 Å². The minimum Gasteiger partial charge on any atom is -0.394 e. The molecule has 1 aromatic heterocycles. The topological polar surface area (TPSA) is 101 Å². The van der Waals surface area contributed by atoms with Crippen LogP contribution in [0.15, 0.2) is 6.20 Å². The molecule has 0 bridgehead atoms. The highest BCUT2D eigenvalue weighted by molar-refractivity contribution is 5.80. The highest BCUT2D eigenvalue weighted by Crippen LogP contribution is 2.24. The van der Waals surface area contributed by atoms with Gasteiger partial charge in [-0.25, -0.2) is 4.98 Å². The smallest absolute Gasteiger partial charge is 0.227 e. The maximum Gasteiger partial charge on any atom is 0.227 e. The second-order valence-electron chi connectivity index (χ2n) is 5.83. The van der Waals surface area contributed by atoms with Crippen molar-refractivity contribution in [1.29, 1.82) is 0 Å². The number of nitrogens with two attached hydrogens (primary N) is 2. The molecule has 4 N–H and O–H groups in total. The van der Waals surface area contributed by atoms with E-state index in [-0.39, 0.29) is 11.8 Å². The molecule has 0 unspecified atom stereocenters. The summed E-state index contributed by atoms with van der Waals surface area (Å²) in [4.78, 5) is 25.0. The number of piperidine rings is 1. The molecule has 2 fully saturated rings. The summed E-state index contributed by atoms with van der Waals surface area (Å²) in [5, 5.41) is 0. The lowest BCUT2D eigenvalue weighted by Gasteiger charge is -2.34. The molecular formula is C14H22N6O. The molecule has 0 radical (unpaired) electrons. The average Bonchev–Trinajstić information content (AvgIpc) is 3.04. The van der Waals surface area contributed by atoms with Gasteiger partial charge in [0.15, 0.2) is 5.82 Å². The zero-order valence-corrected chi connectivity index (χ0v) is 12.2. The average molecular weight is 290 g/mol. The lowest BCUT2D eigenvalue weighted by atomic mass is 9.97. The molecule has 3 heterocycles. The van der Waals surface area contributed by atoms with Gasteiger partial charge in [0.1, 0.15) is 0 Å². The van der Waals surface area contributed by atoms with Gasteiger partial charge in [-0.15, -0.1) is 0 Å². The molecule has 2 aliphatic heterocycles. The molecule has 0 aliphatic carbocycles. The van der Waals surface area contributed by atoms with Crippen LogP contribution in [-0.4, -0.2) is 47.0 Å². The predicted molar refractivity (Wildman–Crippen MR) is 81.6 cm³/mol. The molecule has 7 heteroatoms. The summed E-state index contributed by atoms with van der Waals surface area (Å²) < 4.78 is 0. The molecule has 2 aliphatic rings. The van der Waals surface area contributed by atoms with E-state index in [0.29, 0.717) is 24.0 Å². The first-order chi connectivity index (χ1) is 10.1. The summed E-state index contributed by atoms with van der Waals surface area (Å²) in [7, 11) is 0. The Labute approximate surface area is 124 Å². The molecule has 1 aromatic rings. The zero-order valence-electron chi connectivity index (χ0n) is 12.2. The molecule has 114 valence electrons. The molecule has 2 saturated heterocycles. The van der Waals surface area contributed by atoms with Crippen molar-refractivity contribution >= 4 is 23.4 Å². The van der Waals surface area contributed by atoms with Crippen molar-refractivity contribution in [1.82, 2.24) is 14.9 Å². The molecule has 3 rings (SSSR count). The van der Waals surface area contributed by atoms with Gasteiger partial charge in [0.05, 0.1) is 17.8 Å². The van der Waals surface area contributed by atoms with Crippen LogP contribution in [0.4, 0.5) is 17.5 Å². The summed E-state index contributed by atoms with van der Waals surface area (Å²) in [5.74, 6) is 1.19. The molecule has 1 atom stereocenters. The van der Waals surface area contributed by atoms with Gasteiger partial charge < -0.3 is 21.3 Å². The Kier molecular flexibility index (Phi) is 3.81. The number of carbonyl (C=O) groups excluding carboxylic acids is 1. The summed E-state index contributed by atoms with van der Waals surface area (Å²) in [5.41, 5.74) is 11.8. The molecule has 0 saturated carbocycles. The highest BCUT2D eigenvalue weighted by atomic mass is 16.2. The Hall–Kier alpha value is -2.05. The first-order valence-electron chi connectivity index (χ1n) is 7.57. The van der Waals surface area contributed by atoms with Crippen molar-refractivity contribution in [3.8, 4) is 0 Å². The van der Waals surface area contributed by atoms with E-state index >= 15 is 0 Å². The number of hydrogen-bond acceptors (Lipinski definition) is 6. The molecular weight excluding hydrogens is 268 g/mol. The number of hydrogen-bond donors (Lipinski definition) is 2. The van der Waals surface area contributed by atoms with Crippen LogP contribution in [0.5, 0.6) is 0 Å². The molecule has 0 aromatic carbocycles. The summed E-state index contributed by atoms with van der Waals surface area (Å²) in [6.45, 7) is 3.33. The number of anilines is 3. The van der Waals surface area contributed by atoms with Crippen LogP contribution in [0, 0.1) is 5.92 Å².